The summed E-state index contributed by atoms with van der Waals surface area (Å²) in [5.41, 5.74) is 0.952. The third-order valence-electron chi connectivity index (χ3n) is 2.19. The Morgan fingerprint density at radius 1 is 1.29 bits per heavy atom. The highest BCUT2D eigenvalue weighted by Gasteiger charge is 2.02. The number of benzene rings is 1. The van der Waals surface area contributed by atoms with Crippen LogP contribution in [0.25, 0.3) is 0 Å². The molecule has 1 N–H and O–H groups in total. The summed E-state index contributed by atoms with van der Waals surface area (Å²) in [6, 6.07) is 9.92. The molecule has 0 unspecified atom stereocenters. The summed E-state index contributed by atoms with van der Waals surface area (Å²) in [7, 11) is 0. The molecular formula is C12H9BrClFN2. The molecular weight excluding hydrogens is 307 g/mol. The van der Waals surface area contributed by atoms with Crippen molar-refractivity contribution in [3.63, 3.8) is 0 Å². The van der Waals surface area contributed by atoms with E-state index >= 15 is 0 Å². The third kappa shape index (κ3) is 3.41. The Morgan fingerprint density at radius 2 is 2.12 bits per heavy atom. The van der Waals surface area contributed by atoms with Crippen LogP contribution in [0.5, 0.6) is 0 Å². The molecule has 0 saturated carbocycles. The molecule has 5 heteroatoms. The van der Waals surface area contributed by atoms with E-state index in [0.717, 1.165) is 10.0 Å². The Labute approximate surface area is 112 Å². The lowest BCUT2D eigenvalue weighted by Crippen LogP contribution is -2.02. The van der Waals surface area contributed by atoms with Crippen LogP contribution in [-0.4, -0.2) is 4.98 Å². The fourth-order valence-corrected chi connectivity index (χ4v) is 2.01. The van der Waals surface area contributed by atoms with Crippen LogP contribution in [0.3, 0.4) is 0 Å². The summed E-state index contributed by atoms with van der Waals surface area (Å²) in [6.07, 6.45) is 0. The van der Waals surface area contributed by atoms with Crippen LogP contribution in [0.1, 0.15) is 5.56 Å². The van der Waals surface area contributed by atoms with Gasteiger partial charge in [-0.25, -0.2) is 9.37 Å². The maximum Gasteiger partial charge on any atom is 0.131 e. The number of aromatic nitrogens is 1. The second kappa shape index (κ2) is 5.47. The van der Waals surface area contributed by atoms with Crippen molar-refractivity contribution in [1.82, 2.24) is 4.98 Å². The van der Waals surface area contributed by atoms with Crippen LogP contribution in [0.2, 0.25) is 5.15 Å². The van der Waals surface area contributed by atoms with Crippen LogP contribution in [-0.2, 0) is 6.54 Å². The fourth-order valence-electron chi connectivity index (χ4n) is 1.36. The van der Waals surface area contributed by atoms with Crippen LogP contribution >= 0.6 is 27.5 Å². The van der Waals surface area contributed by atoms with Crippen molar-refractivity contribution in [3.8, 4) is 0 Å². The smallest absolute Gasteiger partial charge is 0.131 e. The Hall–Kier alpha value is -1.13. The van der Waals surface area contributed by atoms with E-state index in [0.29, 0.717) is 17.5 Å². The number of pyridine rings is 1. The molecule has 0 spiro atoms. The highest BCUT2D eigenvalue weighted by Crippen LogP contribution is 2.19. The Morgan fingerprint density at radius 3 is 2.82 bits per heavy atom. The number of rotatable bonds is 3. The van der Waals surface area contributed by atoms with Gasteiger partial charge in [0.15, 0.2) is 0 Å². The van der Waals surface area contributed by atoms with Crippen molar-refractivity contribution in [1.29, 1.82) is 0 Å². The van der Waals surface area contributed by atoms with E-state index in [2.05, 4.69) is 26.2 Å². The molecule has 2 aromatic rings. The average molecular weight is 316 g/mol. The van der Waals surface area contributed by atoms with Gasteiger partial charge in [0.25, 0.3) is 0 Å². The molecule has 0 aliphatic rings. The SMILES string of the molecule is Fc1ccc(CNc2cccc(Cl)n2)c(Br)c1. The van der Waals surface area contributed by atoms with Crippen molar-refractivity contribution in [3.05, 3.63) is 57.4 Å². The highest BCUT2D eigenvalue weighted by molar-refractivity contribution is 9.10. The van der Waals surface area contributed by atoms with Crippen molar-refractivity contribution in [2.75, 3.05) is 5.32 Å². The summed E-state index contributed by atoms with van der Waals surface area (Å²) in [5, 5.41) is 3.55. The van der Waals surface area contributed by atoms with Crippen molar-refractivity contribution in [2.45, 2.75) is 6.54 Å². The first-order valence-electron chi connectivity index (χ1n) is 4.95. The summed E-state index contributed by atoms with van der Waals surface area (Å²) < 4.78 is 13.6. The zero-order valence-electron chi connectivity index (χ0n) is 8.75. The van der Waals surface area contributed by atoms with Gasteiger partial charge in [-0.3, -0.25) is 0 Å². The molecule has 17 heavy (non-hydrogen) atoms. The van der Waals surface area contributed by atoms with Crippen LogP contribution in [0.15, 0.2) is 40.9 Å². The largest absolute Gasteiger partial charge is 0.366 e. The zero-order valence-corrected chi connectivity index (χ0v) is 11.1. The van der Waals surface area contributed by atoms with Gasteiger partial charge >= 0.3 is 0 Å². The van der Waals surface area contributed by atoms with Crippen molar-refractivity contribution < 1.29 is 4.39 Å². The summed E-state index contributed by atoms with van der Waals surface area (Å²) >= 11 is 9.08. The monoisotopic (exact) mass is 314 g/mol. The van der Waals surface area contributed by atoms with Gasteiger partial charge in [-0.2, -0.15) is 0 Å². The lowest BCUT2D eigenvalue weighted by atomic mass is 10.2. The van der Waals surface area contributed by atoms with E-state index in [9.17, 15) is 4.39 Å². The average Bonchev–Trinajstić information content (AvgIpc) is 2.28. The summed E-state index contributed by atoms with van der Waals surface area (Å²) in [5.74, 6) is 0.426. The van der Waals surface area contributed by atoms with Crippen LogP contribution in [0, 0.1) is 5.82 Å². The predicted octanol–water partition coefficient (Wildman–Crippen LogP) is 4.25. The van der Waals surface area contributed by atoms with E-state index < -0.39 is 0 Å². The molecule has 2 nitrogen and oxygen atoms in total. The Bertz CT molecular complexity index is 534. The van der Waals surface area contributed by atoms with Gasteiger partial charge in [-0.15, -0.1) is 0 Å². The first-order valence-corrected chi connectivity index (χ1v) is 6.12. The molecule has 0 amide bonds. The van der Waals surface area contributed by atoms with E-state index in [1.807, 2.05) is 12.1 Å². The zero-order chi connectivity index (χ0) is 12.3. The Balaban J connectivity index is 2.07. The molecule has 2 rings (SSSR count). The summed E-state index contributed by atoms with van der Waals surface area (Å²) in [6.45, 7) is 0.550. The molecule has 0 aliphatic carbocycles. The number of nitrogens with zero attached hydrogens (tertiary/aromatic N) is 1. The third-order valence-corrected chi connectivity index (χ3v) is 3.14. The van der Waals surface area contributed by atoms with Gasteiger partial charge in [0.05, 0.1) is 0 Å². The van der Waals surface area contributed by atoms with Gasteiger partial charge in [0.2, 0.25) is 0 Å². The number of hydrogen-bond acceptors (Lipinski definition) is 2. The minimum Gasteiger partial charge on any atom is -0.366 e. The van der Waals surface area contributed by atoms with Gasteiger partial charge in [-0.1, -0.05) is 39.7 Å². The molecule has 1 heterocycles. The van der Waals surface area contributed by atoms with E-state index in [1.165, 1.54) is 12.1 Å². The maximum atomic E-state index is 12.9. The molecule has 0 radical (unpaired) electrons. The minimum atomic E-state index is -0.262. The van der Waals surface area contributed by atoms with Gasteiger partial charge < -0.3 is 5.32 Å². The topological polar surface area (TPSA) is 24.9 Å². The van der Waals surface area contributed by atoms with Gasteiger partial charge in [0.1, 0.15) is 16.8 Å². The molecule has 0 atom stereocenters. The normalized spacial score (nSPS) is 10.3. The van der Waals surface area contributed by atoms with Gasteiger partial charge in [-0.05, 0) is 29.8 Å². The molecule has 1 aromatic heterocycles. The second-order valence-corrected chi connectivity index (χ2v) is 4.68. The van der Waals surface area contributed by atoms with E-state index in [4.69, 9.17) is 11.6 Å². The number of anilines is 1. The predicted molar refractivity (Wildman–Crippen MR) is 70.7 cm³/mol. The molecule has 88 valence electrons. The number of nitrogens with one attached hydrogen (secondary N) is 1. The maximum absolute atomic E-state index is 12.9. The molecule has 0 saturated heterocycles. The van der Waals surface area contributed by atoms with E-state index in [-0.39, 0.29) is 5.82 Å². The number of halogens is 3. The lowest BCUT2D eigenvalue weighted by molar-refractivity contribution is 0.626. The second-order valence-electron chi connectivity index (χ2n) is 3.43. The lowest BCUT2D eigenvalue weighted by Gasteiger charge is -2.07. The quantitative estimate of drug-likeness (QED) is 0.857. The number of hydrogen-bond donors (Lipinski definition) is 1. The van der Waals surface area contributed by atoms with E-state index in [1.54, 1.807) is 12.1 Å². The highest BCUT2D eigenvalue weighted by atomic mass is 79.9. The van der Waals surface area contributed by atoms with Crippen molar-refractivity contribution in [2.24, 2.45) is 0 Å². The standard InChI is InChI=1S/C12H9BrClFN2/c13-10-6-9(15)5-4-8(10)7-16-12-3-1-2-11(14)17-12/h1-6H,7H2,(H,16,17). The summed E-state index contributed by atoms with van der Waals surface area (Å²) in [4.78, 5) is 4.10. The van der Waals surface area contributed by atoms with Crippen LogP contribution in [0.4, 0.5) is 10.2 Å². The fraction of sp³-hybridized carbons (Fsp3) is 0.0833. The minimum absolute atomic E-state index is 0.262. The van der Waals surface area contributed by atoms with Gasteiger partial charge in [0, 0.05) is 11.0 Å². The van der Waals surface area contributed by atoms with Crippen molar-refractivity contribution >= 4 is 33.3 Å². The molecule has 0 aliphatic heterocycles. The molecule has 0 bridgehead atoms. The molecule has 0 fully saturated rings. The Kier molecular flexibility index (Phi) is 3.97. The van der Waals surface area contributed by atoms with Crippen LogP contribution < -0.4 is 5.32 Å². The molecule has 1 aromatic carbocycles. The first kappa shape index (κ1) is 12.3. The first-order chi connectivity index (χ1) is 8.15.